The minimum absolute atomic E-state index is 0.643. The number of pyridine rings is 1. The zero-order valence-electron chi connectivity index (χ0n) is 11.8. The van der Waals surface area contributed by atoms with Crippen molar-refractivity contribution in [1.82, 2.24) is 15.2 Å². The second kappa shape index (κ2) is 6.30. The van der Waals surface area contributed by atoms with Crippen molar-refractivity contribution in [2.45, 2.75) is 52.2 Å². The summed E-state index contributed by atoms with van der Waals surface area (Å²) >= 11 is 0. The second-order valence-corrected chi connectivity index (χ2v) is 5.37. The lowest BCUT2D eigenvalue weighted by atomic mass is 9.97. The predicted molar refractivity (Wildman–Crippen MR) is 75.5 cm³/mol. The number of nitrogens with zero attached hydrogens (tertiary/aromatic N) is 2. The van der Waals surface area contributed by atoms with Gasteiger partial charge < -0.3 is 5.32 Å². The first-order valence-electron chi connectivity index (χ1n) is 7.08. The van der Waals surface area contributed by atoms with Gasteiger partial charge >= 0.3 is 0 Å². The number of nitrogens with one attached hydrogen (secondary N) is 1. The van der Waals surface area contributed by atoms with Crippen molar-refractivity contribution in [2.24, 2.45) is 0 Å². The highest BCUT2D eigenvalue weighted by Gasteiger charge is 2.25. The van der Waals surface area contributed by atoms with Crippen LogP contribution in [0.1, 0.15) is 37.9 Å². The Morgan fingerprint density at radius 3 is 3.00 bits per heavy atom. The fourth-order valence-corrected chi connectivity index (χ4v) is 2.81. The summed E-state index contributed by atoms with van der Waals surface area (Å²) in [5.41, 5.74) is 2.53. The fraction of sp³-hybridized carbons (Fsp3) is 0.667. The second-order valence-electron chi connectivity index (χ2n) is 5.37. The Kier molecular flexibility index (Phi) is 4.72. The lowest BCUT2D eigenvalue weighted by molar-refractivity contribution is 0.127. The molecule has 0 aromatic carbocycles. The molecule has 0 radical (unpaired) electrons. The Morgan fingerprint density at radius 2 is 2.33 bits per heavy atom. The summed E-state index contributed by atoms with van der Waals surface area (Å²) in [5, 5.41) is 3.57. The first-order chi connectivity index (χ1) is 8.70. The SMILES string of the molecule is CCNC1CCN(Cc2ncccc2C)C(C)C1. The van der Waals surface area contributed by atoms with Crippen LogP contribution in [0.25, 0.3) is 0 Å². The summed E-state index contributed by atoms with van der Waals surface area (Å²) < 4.78 is 0. The summed E-state index contributed by atoms with van der Waals surface area (Å²) in [4.78, 5) is 7.06. The molecule has 1 aromatic rings. The van der Waals surface area contributed by atoms with Gasteiger partial charge in [0, 0.05) is 31.4 Å². The van der Waals surface area contributed by atoms with Crippen LogP contribution in [-0.4, -0.2) is 35.1 Å². The molecule has 3 heteroatoms. The van der Waals surface area contributed by atoms with Gasteiger partial charge in [-0.3, -0.25) is 9.88 Å². The van der Waals surface area contributed by atoms with E-state index in [0.717, 1.165) is 13.1 Å². The quantitative estimate of drug-likeness (QED) is 0.885. The molecule has 0 spiro atoms. The standard InChI is InChI=1S/C15H25N3/c1-4-16-14-7-9-18(13(3)10-14)11-15-12(2)6-5-8-17-15/h5-6,8,13-14,16H,4,7,9-11H2,1-3H3. The summed E-state index contributed by atoms with van der Waals surface area (Å²) in [7, 11) is 0. The van der Waals surface area contributed by atoms with Gasteiger partial charge in [-0.15, -0.1) is 0 Å². The minimum Gasteiger partial charge on any atom is -0.314 e. The maximum absolute atomic E-state index is 4.50. The lowest BCUT2D eigenvalue weighted by Gasteiger charge is -2.38. The molecule has 100 valence electrons. The number of aromatic nitrogens is 1. The number of rotatable bonds is 4. The third kappa shape index (κ3) is 3.30. The third-order valence-electron chi connectivity index (χ3n) is 3.98. The Balaban J connectivity index is 1.93. The molecule has 1 aliphatic rings. The molecule has 1 saturated heterocycles. The highest BCUT2D eigenvalue weighted by Crippen LogP contribution is 2.20. The number of aryl methyl sites for hydroxylation is 1. The van der Waals surface area contributed by atoms with Crippen molar-refractivity contribution in [3.05, 3.63) is 29.6 Å². The zero-order chi connectivity index (χ0) is 13.0. The van der Waals surface area contributed by atoms with Gasteiger partial charge in [0.2, 0.25) is 0 Å². The summed E-state index contributed by atoms with van der Waals surface area (Å²) in [6, 6.07) is 5.51. The van der Waals surface area contributed by atoms with Gasteiger partial charge in [0.1, 0.15) is 0 Å². The van der Waals surface area contributed by atoms with Gasteiger partial charge in [-0.05, 0) is 44.9 Å². The van der Waals surface area contributed by atoms with Crippen LogP contribution in [0.2, 0.25) is 0 Å². The van der Waals surface area contributed by atoms with Crippen molar-refractivity contribution < 1.29 is 0 Å². The van der Waals surface area contributed by atoms with Crippen LogP contribution in [-0.2, 0) is 6.54 Å². The molecule has 1 aromatic heterocycles. The van der Waals surface area contributed by atoms with E-state index in [4.69, 9.17) is 0 Å². The van der Waals surface area contributed by atoms with E-state index in [1.807, 2.05) is 12.3 Å². The molecule has 0 aliphatic carbocycles. The van der Waals surface area contributed by atoms with Gasteiger partial charge in [0.15, 0.2) is 0 Å². The molecule has 2 atom stereocenters. The Morgan fingerprint density at radius 1 is 1.50 bits per heavy atom. The average molecular weight is 247 g/mol. The fourth-order valence-electron chi connectivity index (χ4n) is 2.81. The highest BCUT2D eigenvalue weighted by molar-refractivity contribution is 5.17. The van der Waals surface area contributed by atoms with Crippen molar-refractivity contribution in [3.8, 4) is 0 Å². The third-order valence-corrected chi connectivity index (χ3v) is 3.98. The number of piperidine rings is 1. The first-order valence-corrected chi connectivity index (χ1v) is 7.08. The molecule has 3 nitrogen and oxygen atoms in total. The van der Waals surface area contributed by atoms with E-state index in [1.165, 1.54) is 30.6 Å². The van der Waals surface area contributed by atoms with Crippen LogP contribution >= 0.6 is 0 Å². The van der Waals surface area contributed by atoms with Gasteiger partial charge in [-0.25, -0.2) is 0 Å². The van der Waals surface area contributed by atoms with Gasteiger partial charge in [0.25, 0.3) is 0 Å². The Bertz CT molecular complexity index is 378. The largest absolute Gasteiger partial charge is 0.314 e. The smallest absolute Gasteiger partial charge is 0.0573 e. The minimum atomic E-state index is 0.643. The lowest BCUT2D eigenvalue weighted by Crippen LogP contribution is -2.47. The van der Waals surface area contributed by atoms with E-state index in [-0.39, 0.29) is 0 Å². The van der Waals surface area contributed by atoms with Crippen LogP contribution in [0, 0.1) is 6.92 Å². The van der Waals surface area contributed by atoms with E-state index in [9.17, 15) is 0 Å². The summed E-state index contributed by atoms with van der Waals surface area (Å²) in [6.45, 7) is 9.92. The zero-order valence-corrected chi connectivity index (χ0v) is 11.8. The van der Waals surface area contributed by atoms with Crippen LogP contribution in [0.15, 0.2) is 18.3 Å². The molecule has 0 amide bonds. The maximum atomic E-state index is 4.50. The molecule has 18 heavy (non-hydrogen) atoms. The Labute approximate surface area is 111 Å². The predicted octanol–water partition coefficient (Wildman–Crippen LogP) is 2.35. The van der Waals surface area contributed by atoms with Crippen LogP contribution in [0.5, 0.6) is 0 Å². The number of likely N-dealkylation sites (tertiary alicyclic amines) is 1. The Hall–Kier alpha value is -0.930. The molecule has 2 unspecified atom stereocenters. The molecule has 1 aliphatic heterocycles. The normalized spacial score (nSPS) is 25.3. The van der Waals surface area contributed by atoms with E-state index < -0.39 is 0 Å². The molecular formula is C15H25N3. The molecule has 2 rings (SSSR count). The van der Waals surface area contributed by atoms with Crippen molar-refractivity contribution in [1.29, 1.82) is 0 Å². The molecule has 2 heterocycles. The number of hydrogen-bond donors (Lipinski definition) is 1. The molecule has 0 saturated carbocycles. The van der Waals surface area contributed by atoms with E-state index >= 15 is 0 Å². The summed E-state index contributed by atoms with van der Waals surface area (Å²) in [6.07, 6.45) is 4.40. The van der Waals surface area contributed by atoms with Gasteiger partial charge in [0.05, 0.1) is 5.69 Å². The first kappa shape index (κ1) is 13.5. The topological polar surface area (TPSA) is 28.2 Å². The van der Waals surface area contributed by atoms with Crippen molar-refractivity contribution in [2.75, 3.05) is 13.1 Å². The van der Waals surface area contributed by atoms with Crippen LogP contribution in [0.4, 0.5) is 0 Å². The van der Waals surface area contributed by atoms with Crippen molar-refractivity contribution >= 4 is 0 Å². The van der Waals surface area contributed by atoms with Crippen LogP contribution < -0.4 is 5.32 Å². The van der Waals surface area contributed by atoms with E-state index in [0.29, 0.717) is 12.1 Å². The van der Waals surface area contributed by atoms with E-state index in [2.05, 4.69) is 42.0 Å². The maximum Gasteiger partial charge on any atom is 0.0573 e. The molecule has 1 N–H and O–H groups in total. The average Bonchev–Trinajstić information content (AvgIpc) is 2.35. The molecule has 0 bridgehead atoms. The van der Waals surface area contributed by atoms with E-state index in [1.54, 1.807) is 0 Å². The number of hydrogen-bond acceptors (Lipinski definition) is 3. The summed E-state index contributed by atoms with van der Waals surface area (Å²) in [5.74, 6) is 0. The monoisotopic (exact) mass is 247 g/mol. The molecular weight excluding hydrogens is 222 g/mol. The van der Waals surface area contributed by atoms with Gasteiger partial charge in [-0.1, -0.05) is 13.0 Å². The van der Waals surface area contributed by atoms with Crippen molar-refractivity contribution in [3.63, 3.8) is 0 Å². The molecule has 1 fully saturated rings. The van der Waals surface area contributed by atoms with Crippen LogP contribution in [0.3, 0.4) is 0 Å². The van der Waals surface area contributed by atoms with Gasteiger partial charge in [-0.2, -0.15) is 0 Å². The highest BCUT2D eigenvalue weighted by atomic mass is 15.2.